The number of carbonyl (C=O) groups excluding carboxylic acids is 1. The van der Waals surface area contributed by atoms with E-state index in [0.717, 1.165) is 55.4 Å². The monoisotopic (exact) mass is 361 g/mol. The van der Waals surface area contributed by atoms with Crippen LogP contribution in [0.2, 0.25) is 0 Å². The van der Waals surface area contributed by atoms with Crippen molar-refractivity contribution in [3.8, 4) is 0 Å². The highest BCUT2D eigenvalue weighted by Gasteiger charge is 2.20. The molecule has 0 saturated heterocycles. The van der Waals surface area contributed by atoms with Crippen LogP contribution in [0.25, 0.3) is 10.2 Å². The van der Waals surface area contributed by atoms with Gasteiger partial charge in [-0.15, -0.1) is 11.3 Å². The maximum absolute atomic E-state index is 12.9. The molecule has 3 rings (SSSR count). The minimum absolute atomic E-state index is 0.0220. The number of carbonyl (C=O) groups is 1. The predicted molar refractivity (Wildman–Crippen MR) is 102 cm³/mol. The lowest BCUT2D eigenvalue weighted by molar-refractivity contribution is -0.131. The normalized spacial score (nSPS) is 13.8. The van der Waals surface area contributed by atoms with Crippen LogP contribution in [0.5, 0.6) is 0 Å². The second kappa shape index (κ2) is 8.13. The van der Waals surface area contributed by atoms with Gasteiger partial charge in [0.1, 0.15) is 4.83 Å². The van der Waals surface area contributed by atoms with Crippen molar-refractivity contribution in [1.29, 1.82) is 0 Å². The Bertz CT molecular complexity index is 809. The van der Waals surface area contributed by atoms with Crippen LogP contribution in [-0.2, 0) is 24.2 Å². The lowest BCUT2D eigenvalue weighted by atomic mass is 9.97. The minimum atomic E-state index is 0.0220. The van der Waals surface area contributed by atoms with Crippen LogP contribution in [0.4, 0.5) is 0 Å². The second-order valence-corrected chi connectivity index (χ2v) is 7.79. The van der Waals surface area contributed by atoms with Crippen LogP contribution in [0.3, 0.4) is 0 Å². The molecule has 1 aliphatic rings. The molecule has 0 atom stereocenters. The lowest BCUT2D eigenvalue weighted by Gasteiger charge is -2.20. The summed E-state index contributed by atoms with van der Waals surface area (Å²) < 4.78 is 1.62. The van der Waals surface area contributed by atoms with Crippen molar-refractivity contribution < 1.29 is 4.79 Å². The molecule has 0 aliphatic heterocycles. The van der Waals surface area contributed by atoms with Gasteiger partial charge in [-0.05, 0) is 44.6 Å². The predicted octanol–water partition coefficient (Wildman–Crippen LogP) is 3.38. The number of unbranched alkanes of at least 4 members (excludes halogenated alkanes) is 1. The largest absolute Gasteiger partial charge is 0.343 e. The van der Waals surface area contributed by atoms with Crippen molar-refractivity contribution in [3.05, 3.63) is 27.1 Å². The van der Waals surface area contributed by atoms with Gasteiger partial charge in [0, 0.05) is 30.9 Å². The van der Waals surface area contributed by atoms with E-state index in [1.54, 1.807) is 22.2 Å². The molecule has 0 unspecified atom stereocenters. The minimum Gasteiger partial charge on any atom is -0.343 e. The maximum Gasteiger partial charge on any atom is 0.262 e. The average Bonchev–Trinajstić information content (AvgIpc) is 3.01. The number of hydrogen-bond donors (Lipinski definition) is 0. The molecule has 2 aromatic heterocycles. The van der Waals surface area contributed by atoms with Gasteiger partial charge < -0.3 is 4.90 Å². The van der Waals surface area contributed by atoms with Crippen molar-refractivity contribution in [2.75, 3.05) is 13.1 Å². The molecular formula is C19H27N3O2S. The van der Waals surface area contributed by atoms with E-state index in [1.807, 2.05) is 11.8 Å². The van der Waals surface area contributed by atoms with E-state index in [0.29, 0.717) is 13.0 Å². The van der Waals surface area contributed by atoms with Crippen LogP contribution < -0.4 is 5.56 Å². The van der Waals surface area contributed by atoms with Gasteiger partial charge in [-0.1, -0.05) is 13.3 Å². The fraction of sp³-hybridized carbons (Fsp3) is 0.632. The molecule has 6 heteroatoms. The van der Waals surface area contributed by atoms with Crippen molar-refractivity contribution in [3.63, 3.8) is 0 Å². The first kappa shape index (κ1) is 18.1. The first-order valence-corrected chi connectivity index (χ1v) is 10.2. The average molecular weight is 362 g/mol. The van der Waals surface area contributed by atoms with Gasteiger partial charge in [-0.2, -0.15) is 0 Å². The molecule has 0 aromatic carbocycles. The number of fused-ring (bicyclic) bond motifs is 3. The third kappa shape index (κ3) is 3.78. The van der Waals surface area contributed by atoms with Crippen LogP contribution in [0.1, 0.15) is 56.4 Å². The van der Waals surface area contributed by atoms with E-state index in [9.17, 15) is 9.59 Å². The second-order valence-electron chi connectivity index (χ2n) is 6.71. The third-order valence-electron chi connectivity index (χ3n) is 5.02. The Labute approximate surface area is 152 Å². The Balaban J connectivity index is 1.77. The molecule has 2 aromatic rings. The molecule has 0 radical (unpaired) electrons. The number of nitrogens with zero attached hydrogens (tertiary/aromatic N) is 3. The van der Waals surface area contributed by atoms with Crippen LogP contribution >= 0.6 is 11.3 Å². The van der Waals surface area contributed by atoms with Gasteiger partial charge in [0.25, 0.3) is 5.56 Å². The summed E-state index contributed by atoms with van der Waals surface area (Å²) in [6.45, 7) is 6.07. The molecular weight excluding hydrogens is 334 g/mol. The van der Waals surface area contributed by atoms with Crippen molar-refractivity contribution in [1.82, 2.24) is 14.5 Å². The van der Waals surface area contributed by atoms with Gasteiger partial charge in [0.2, 0.25) is 5.91 Å². The Kier molecular flexibility index (Phi) is 5.89. The van der Waals surface area contributed by atoms with E-state index >= 15 is 0 Å². The van der Waals surface area contributed by atoms with Crippen molar-refractivity contribution in [2.24, 2.45) is 0 Å². The molecule has 0 N–H and O–H groups in total. The van der Waals surface area contributed by atoms with Gasteiger partial charge in [-0.25, -0.2) is 4.98 Å². The number of amides is 1. The van der Waals surface area contributed by atoms with E-state index < -0.39 is 0 Å². The Morgan fingerprint density at radius 1 is 1.32 bits per heavy atom. The van der Waals surface area contributed by atoms with Gasteiger partial charge in [0.15, 0.2) is 0 Å². The summed E-state index contributed by atoms with van der Waals surface area (Å²) in [5.74, 6) is 0.121. The van der Waals surface area contributed by atoms with Crippen LogP contribution in [-0.4, -0.2) is 33.4 Å². The quantitative estimate of drug-likeness (QED) is 0.760. The fourth-order valence-electron chi connectivity index (χ4n) is 3.52. The number of aromatic nitrogens is 2. The summed E-state index contributed by atoms with van der Waals surface area (Å²) in [6.07, 6.45) is 8.47. The summed E-state index contributed by atoms with van der Waals surface area (Å²) in [7, 11) is 0. The summed E-state index contributed by atoms with van der Waals surface area (Å²) in [6, 6.07) is 0. The van der Waals surface area contributed by atoms with Crippen LogP contribution in [0, 0.1) is 0 Å². The van der Waals surface area contributed by atoms with E-state index in [4.69, 9.17) is 0 Å². The smallest absolute Gasteiger partial charge is 0.262 e. The Morgan fingerprint density at radius 3 is 2.88 bits per heavy atom. The van der Waals surface area contributed by atoms with Crippen LogP contribution in [0.15, 0.2) is 11.1 Å². The molecule has 25 heavy (non-hydrogen) atoms. The molecule has 5 nitrogen and oxygen atoms in total. The Morgan fingerprint density at radius 2 is 2.12 bits per heavy atom. The summed E-state index contributed by atoms with van der Waals surface area (Å²) in [4.78, 5) is 33.9. The van der Waals surface area contributed by atoms with E-state index in [1.165, 1.54) is 16.9 Å². The van der Waals surface area contributed by atoms with Crippen molar-refractivity contribution in [2.45, 2.75) is 65.3 Å². The summed E-state index contributed by atoms with van der Waals surface area (Å²) in [5.41, 5.74) is 1.23. The van der Waals surface area contributed by atoms with Gasteiger partial charge in [-0.3, -0.25) is 14.2 Å². The lowest BCUT2D eigenvalue weighted by Crippen LogP contribution is -2.33. The molecule has 2 heterocycles. The molecule has 0 bridgehead atoms. The number of aryl methyl sites for hydroxylation is 3. The van der Waals surface area contributed by atoms with Crippen molar-refractivity contribution >= 4 is 27.5 Å². The first-order chi connectivity index (χ1) is 12.2. The molecule has 136 valence electrons. The highest BCUT2D eigenvalue weighted by molar-refractivity contribution is 7.18. The molecule has 0 spiro atoms. The highest BCUT2D eigenvalue weighted by Crippen LogP contribution is 2.33. The van der Waals surface area contributed by atoms with Gasteiger partial charge >= 0.3 is 0 Å². The first-order valence-electron chi connectivity index (χ1n) is 9.43. The SMILES string of the molecule is CCCCN(CC)C(=O)CCn1cnc2sc3c(c2c1=O)CCCC3. The number of rotatable bonds is 7. The third-order valence-corrected chi connectivity index (χ3v) is 6.22. The maximum atomic E-state index is 12.9. The molecule has 0 fully saturated rings. The standard InChI is InChI=1S/C19H27N3O2S/c1-3-5-11-21(4-2)16(23)10-12-22-13-20-18-17(19(22)24)14-8-6-7-9-15(14)25-18/h13H,3-12H2,1-2H3. The fourth-order valence-corrected chi connectivity index (χ4v) is 4.74. The number of thiophene rings is 1. The summed E-state index contributed by atoms with van der Waals surface area (Å²) >= 11 is 1.66. The Hall–Kier alpha value is -1.69. The summed E-state index contributed by atoms with van der Waals surface area (Å²) in [5, 5.41) is 0.799. The zero-order chi connectivity index (χ0) is 17.8. The molecule has 1 amide bonds. The zero-order valence-corrected chi connectivity index (χ0v) is 16.0. The number of hydrogen-bond acceptors (Lipinski definition) is 4. The highest BCUT2D eigenvalue weighted by atomic mass is 32.1. The van der Waals surface area contributed by atoms with E-state index in [2.05, 4.69) is 11.9 Å². The molecule has 1 aliphatic carbocycles. The zero-order valence-electron chi connectivity index (χ0n) is 15.2. The van der Waals surface area contributed by atoms with E-state index in [-0.39, 0.29) is 11.5 Å². The molecule has 0 saturated carbocycles. The van der Waals surface area contributed by atoms with Gasteiger partial charge in [0.05, 0.1) is 11.7 Å². The topological polar surface area (TPSA) is 55.2 Å².